The number of halogens is 1. The van der Waals surface area contributed by atoms with Gasteiger partial charge in [-0.1, -0.05) is 17.8 Å². The number of thioether (sulfide) groups is 1. The zero-order chi connectivity index (χ0) is 17.4. The van der Waals surface area contributed by atoms with Crippen LogP contribution in [0.5, 0.6) is 5.75 Å². The number of nitrogens with one attached hydrogen (secondary N) is 1. The van der Waals surface area contributed by atoms with Crippen LogP contribution in [-0.2, 0) is 18.6 Å². The number of aromatic nitrogens is 2. The highest BCUT2D eigenvalue weighted by molar-refractivity contribution is 7.98. The Morgan fingerprint density at radius 2 is 2.20 bits per heavy atom. The Bertz CT molecular complexity index is 997. The molecule has 1 aliphatic carbocycles. The number of hydrogen-bond acceptors (Lipinski definition) is 5. The summed E-state index contributed by atoms with van der Waals surface area (Å²) in [6.07, 6.45) is 4.33. The van der Waals surface area contributed by atoms with E-state index in [2.05, 4.69) is 9.97 Å². The summed E-state index contributed by atoms with van der Waals surface area (Å²) in [4.78, 5) is 22.1. The van der Waals surface area contributed by atoms with Crippen molar-refractivity contribution >= 4 is 33.3 Å². The highest BCUT2D eigenvalue weighted by Gasteiger charge is 2.19. The van der Waals surface area contributed by atoms with Gasteiger partial charge in [-0.05, 0) is 48.9 Å². The number of aryl methyl sites for hydroxylation is 2. The van der Waals surface area contributed by atoms with E-state index in [0.717, 1.165) is 35.0 Å². The summed E-state index contributed by atoms with van der Waals surface area (Å²) < 4.78 is 18.7. The normalized spacial score (nSPS) is 13.8. The van der Waals surface area contributed by atoms with Crippen LogP contribution < -0.4 is 10.3 Å². The lowest BCUT2D eigenvalue weighted by molar-refractivity contribution is 0.386. The van der Waals surface area contributed by atoms with Gasteiger partial charge in [0.1, 0.15) is 4.83 Å². The summed E-state index contributed by atoms with van der Waals surface area (Å²) in [5, 5.41) is 1.34. The molecule has 3 aromatic rings. The molecule has 1 aromatic carbocycles. The molecule has 2 heterocycles. The van der Waals surface area contributed by atoms with Gasteiger partial charge in [0.2, 0.25) is 0 Å². The van der Waals surface area contributed by atoms with Crippen molar-refractivity contribution in [2.45, 2.75) is 36.6 Å². The van der Waals surface area contributed by atoms with Crippen molar-refractivity contribution in [1.29, 1.82) is 0 Å². The molecule has 7 heteroatoms. The van der Waals surface area contributed by atoms with E-state index < -0.39 is 0 Å². The third-order valence-electron chi connectivity index (χ3n) is 4.40. The standard InChI is InChI=1S/C18H17FN2O2S2/c1-23-13-7-6-10(8-12(13)19)9-24-18-20-16(22)15-11-4-2-3-5-14(11)25-17(15)21-18/h6-8H,2-5,9H2,1H3,(H,20,21,22). The molecule has 0 atom stereocenters. The Morgan fingerprint density at radius 1 is 1.36 bits per heavy atom. The van der Waals surface area contributed by atoms with Gasteiger partial charge in [-0.2, -0.15) is 0 Å². The van der Waals surface area contributed by atoms with Crippen molar-refractivity contribution in [2.24, 2.45) is 0 Å². The van der Waals surface area contributed by atoms with Gasteiger partial charge in [-0.25, -0.2) is 9.37 Å². The first-order valence-corrected chi connectivity index (χ1v) is 9.95. The largest absolute Gasteiger partial charge is 0.494 e. The molecule has 1 aliphatic rings. The lowest BCUT2D eigenvalue weighted by atomic mass is 9.97. The predicted molar refractivity (Wildman–Crippen MR) is 99.4 cm³/mol. The van der Waals surface area contributed by atoms with E-state index in [1.165, 1.54) is 41.8 Å². The molecule has 25 heavy (non-hydrogen) atoms. The number of H-pyrrole nitrogens is 1. The number of benzene rings is 1. The zero-order valence-electron chi connectivity index (χ0n) is 13.7. The van der Waals surface area contributed by atoms with E-state index in [4.69, 9.17) is 4.74 Å². The second-order valence-electron chi connectivity index (χ2n) is 6.02. The van der Waals surface area contributed by atoms with Gasteiger partial charge < -0.3 is 9.72 Å². The number of methoxy groups -OCH3 is 1. The highest BCUT2D eigenvalue weighted by Crippen LogP contribution is 2.34. The van der Waals surface area contributed by atoms with Gasteiger partial charge >= 0.3 is 0 Å². The van der Waals surface area contributed by atoms with Gasteiger partial charge in [0.15, 0.2) is 16.7 Å². The van der Waals surface area contributed by atoms with E-state index in [1.807, 2.05) is 6.07 Å². The van der Waals surface area contributed by atoms with Crippen LogP contribution in [-0.4, -0.2) is 17.1 Å². The van der Waals surface area contributed by atoms with Crippen LogP contribution in [0.25, 0.3) is 10.2 Å². The van der Waals surface area contributed by atoms with Crippen LogP contribution >= 0.6 is 23.1 Å². The van der Waals surface area contributed by atoms with Crippen molar-refractivity contribution in [3.63, 3.8) is 0 Å². The Balaban J connectivity index is 1.60. The Kier molecular flexibility index (Phi) is 4.52. The third kappa shape index (κ3) is 3.18. The van der Waals surface area contributed by atoms with Crippen LogP contribution in [0.4, 0.5) is 4.39 Å². The van der Waals surface area contributed by atoms with Crippen molar-refractivity contribution in [2.75, 3.05) is 7.11 Å². The summed E-state index contributed by atoms with van der Waals surface area (Å²) in [6.45, 7) is 0. The van der Waals surface area contributed by atoms with Crippen molar-refractivity contribution in [3.05, 3.63) is 50.4 Å². The number of thiophene rings is 1. The number of rotatable bonds is 4. The molecule has 0 fully saturated rings. The number of fused-ring (bicyclic) bond motifs is 3. The molecule has 0 spiro atoms. The average molecular weight is 376 g/mol. The summed E-state index contributed by atoms with van der Waals surface area (Å²) in [5.41, 5.74) is 1.94. The van der Waals surface area contributed by atoms with Crippen LogP contribution in [0.2, 0.25) is 0 Å². The fraction of sp³-hybridized carbons (Fsp3) is 0.333. The van der Waals surface area contributed by atoms with Gasteiger partial charge in [0.25, 0.3) is 5.56 Å². The first-order chi connectivity index (χ1) is 12.2. The zero-order valence-corrected chi connectivity index (χ0v) is 15.4. The maximum atomic E-state index is 13.8. The van der Waals surface area contributed by atoms with Crippen LogP contribution in [0, 0.1) is 5.82 Å². The van der Waals surface area contributed by atoms with Crippen molar-refractivity contribution < 1.29 is 9.13 Å². The van der Waals surface area contributed by atoms with E-state index in [1.54, 1.807) is 17.4 Å². The first kappa shape index (κ1) is 16.6. The molecule has 2 aromatic heterocycles. The maximum Gasteiger partial charge on any atom is 0.260 e. The number of hydrogen-bond donors (Lipinski definition) is 1. The fourth-order valence-electron chi connectivity index (χ4n) is 3.16. The monoisotopic (exact) mass is 376 g/mol. The van der Waals surface area contributed by atoms with E-state index in [9.17, 15) is 9.18 Å². The molecule has 130 valence electrons. The predicted octanol–water partition coefficient (Wildman–Crippen LogP) is 4.30. The van der Waals surface area contributed by atoms with Crippen LogP contribution in [0.15, 0.2) is 28.2 Å². The lowest BCUT2D eigenvalue weighted by Crippen LogP contribution is -2.10. The summed E-state index contributed by atoms with van der Waals surface area (Å²) in [5.74, 6) is 0.370. The number of ether oxygens (including phenoxy) is 1. The van der Waals surface area contributed by atoms with Crippen LogP contribution in [0.1, 0.15) is 28.8 Å². The number of nitrogens with zero attached hydrogens (tertiary/aromatic N) is 1. The molecular formula is C18H17FN2O2S2. The SMILES string of the molecule is COc1ccc(CSc2nc3sc4c(c3c(=O)[nH]2)CCCC4)cc1F. The smallest absolute Gasteiger partial charge is 0.260 e. The molecule has 0 amide bonds. The molecule has 0 saturated carbocycles. The average Bonchev–Trinajstić information content (AvgIpc) is 2.99. The molecule has 0 radical (unpaired) electrons. The second-order valence-corrected chi connectivity index (χ2v) is 8.07. The van der Waals surface area contributed by atoms with Gasteiger partial charge in [0, 0.05) is 10.6 Å². The first-order valence-electron chi connectivity index (χ1n) is 8.15. The third-order valence-corrected chi connectivity index (χ3v) is 6.53. The minimum Gasteiger partial charge on any atom is -0.494 e. The highest BCUT2D eigenvalue weighted by atomic mass is 32.2. The van der Waals surface area contributed by atoms with E-state index >= 15 is 0 Å². The quantitative estimate of drug-likeness (QED) is 0.545. The molecule has 1 N–H and O–H groups in total. The summed E-state index contributed by atoms with van der Waals surface area (Å²) >= 11 is 3.04. The fourth-order valence-corrected chi connectivity index (χ4v) is 5.29. The van der Waals surface area contributed by atoms with Crippen molar-refractivity contribution in [1.82, 2.24) is 9.97 Å². The second kappa shape index (κ2) is 6.80. The van der Waals surface area contributed by atoms with Gasteiger partial charge in [-0.3, -0.25) is 4.79 Å². The summed E-state index contributed by atoms with van der Waals surface area (Å²) in [7, 11) is 1.44. The molecular weight excluding hydrogens is 359 g/mol. The Morgan fingerprint density at radius 3 is 3.00 bits per heavy atom. The van der Waals surface area contributed by atoms with Crippen molar-refractivity contribution in [3.8, 4) is 5.75 Å². The number of aromatic amines is 1. The van der Waals surface area contributed by atoms with E-state index in [-0.39, 0.29) is 17.1 Å². The minimum absolute atomic E-state index is 0.0622. The van der Waals surface area contributed by atoms with Gasteiger partial charge in [0.05, 0.1) is 12.5 Å². The molecule has 0 bridgehead atoms. The van der Waals surface area contributed by atoms with Crippen LogP contribution in [0.3, 0.4) is 0 Å². The minimum atomic E-state index is -0.386. The summed E-state index contributed by atoms with van der Waals surface area (Å²) in [6, 6.07) is 4.87. The maximum absolute atomic E-state index is 13.8. The topological polar surface area (TPSA) is 55.0 Å². The molecule has 4 nitrogen and oxygen atoms in total. The molecule has 0 saturated heterocycles. The molecule has 0 aliphatic heterocycles. The lowest BCUT2D eigenvalue weighted by Gasteiger charge is -2.09. The Labute approximate surface area is 152 Å². The van der Waals surface area contributed by atoms with Gasteiger partial charge in [-0.15, -0.1) is 11.3 Å². The van der Waals surface area contributed by atoms with E-state index in [0.29, 0.717) is 10.9 Å². The Hall–Kier alpha value is -1.86. The molecule has 4 rings (SSSR count). The molecule has 0 unspecified atom stereocenters.